The molecule has 0 bridgehead atoms. The highest BCUT2D eigenvalue weighted by molar-refractivity contribution is 5.19. The van der Waals surface area contributed by atoms with Gasteiger partial charge in [-0.1, -0.05) is 37.3 Å². The zero-order valence-corrected chi connectivity index (χ0v) is 9.44. The van der Waals surface area contributed by atoms with Gasteiger partial charge in [-0.05, 0) is 18.9 Å². The summed E-state index contributed by atoms with van der Waals surface area (Å²) in [5.74, 6) is 0. The molecule has 2 nitrogen and oxygen atoms in total. The highest BCUT2D eigenvalue weighted by Crippen LogP contribution is 2.25. The molecule has 0 unspecified atom stereocenters. The first-order valence-electron chi connectivity index (χ1n) is 5.74. The lowest BCUT2D eigenvalue weighted by Gasteiger charge is -2.35. The maximum absolute atomic E-state index is 5.92. The van der Waals surface area contributed by atoms with E-state index in [2.05, 4.69) is 43.4 Å². The van der Waals surface area contributed by atoms with Crippen LogP contribution in [0.2, 0.25) is 0 Å². The molecule has 1 fully saturated rings. The van der Waals surface area contributed by atoms with Crippen LogP contribution in [0.15, 0.2) is 30.3 Å². The Bertz CT molecular complexity index is 299. The molecule has 1 saturated heterocycles. The van der Waals surface area contributed by atoms with Gasteiger partial charge in [0.1, 0.15) is 0 Å². The largest absolute Gasteiger partial charge is 0.370 e. The molecule has 0 saturated carbocycles. The lowest BCUT2D eigenvalue weighted by atomic mass is 10.00. The minimum Gasteiger partial charge on any atom is -0.370 e. The third-order valence-electron chi connectivity index (χ3n) is 3.05. The SMILES string of the molecule is CC[C@@H]1CO[C@@H](c2ccccc2)[C@H](C)N1. The highest BCUT2D eigenvalue weighted by Gasteiger charge is 2.27. The van der Waals surface area contributed by atoms with E-state index in [1.54, 1.807) is 0 Å². The monoisotopic (exact) mass is 205 g/mol. The lowest BCUT2D eigenvalue weighted by Crippen LogP contribution is -2.48. The zero-order valence-electron chi connectivity index (χ0n) is 9.44. The molecular formula is C13H19NO. The fourth-order valence-corrected chi connectivity index (χ4v) is 2.13. The number of rotatable bonds is 2. The molecule has 0 aromatic heterocycles. The number of ether oxygens (including phenoxy) is 1. The quantitative estimate of drug-likeness (QED) is 0.801. The molecule has 82 valence electrons. The average Bonchev–Trinajstić information content (AvgIpc) is 2.30. The van der Waals surface area contributed by atoms with Crippen LogP contribution in [0.25, 0.3) is 0 Å². The maximum Gasteiger partial charge on any atom is 0.0975 e. The van der Waals surface area contributed by atoms with Crippen molar-refractivity contribution in [2.24, 2.45) is 0 Å². The Balaban J connectivity index is 2.06. The summed E-state index contributed by atoms with van der Waals surface area (Å²) in [7, 11) is 0. The average molecular weight is 205 g/mol. The van der Waals surface area contributed by atoms with Gasteiger partial charge in [0.2, 0.25) is 0 Å². The first kappa shape index (κ1) is 10.7. The van der Waals surface area contributed by atoms with Gasteiger partial charge in [-0.3, -0.25) is 0 Å². The number of morpholine rings is 1. The molecular weight excluding hydrogens is 186 g/mol. The number of hydrogen-bond acceptors (Lipinski definition) is 2. The Hall–Kier alpha value is -0.860. The van der Waals surface area contributed by atoms with E-state index in [4.69, 9.17) is 4.74 Å². The minimum atomic E-state index is 0.203. The van der Waals surface area contributed by atoms with Gasteiger partial charge in [0, 0.05) is 12.1 Å². The van der Waals surface area contributed by atoms with Gasteiger partial charge in [-0.2, -0.15) is 0 Å². The van der Waals surface area contributed by atoms with E-state index >= 15 is 0 Å². The summed E-state index contributed by atoms with van der Waals surface area (Å²) in [6, 6.07) is 11.4. The van der Waals surface area contributed by atoms with Crippen molar-refractivity contribution in [3.05, 3.63) is 35.9 Å². The van der Waals surface area contributed by atoms with Crippen molar-refractivity contribution < 1.29 is 4.74 Å². The molecule has 0 aliphatic carbocycles. The summed E-state index contributed by atoms with van der Waals surface area (Å²) in [5, 5.41) is 3.59. The van der Waals surface area contributed by atoms with Gasteiger partial charge in [-0.25, -0.2) is 0 Å². The molecule has 0 spiro atoms. The van der Waals surface area contributed by atoms with Crippen LogP contribution in [0.4, 0.5) is 0 Å². The van der Waals surface area contributed by atoms with Crippen LogP contribution in [-0.4, -0.2) is 18.7 Å². The first-order chi connectivity index (χ1) is 7.31. The van der Waals surface area contributed by atoms with E-state index < -0.39 is 0 Å². The van der Waals surface area contributed by atoms with Gasteiger partial charge in [-0.15, -0.1) is 0 Å². The van der Waals surface area contributed by atoms with Crippen molar-refractivity contribution in [2.45, 2.75) is 38.5 Å². The van der Waals surface area contributed by atoms with E-state index in [-0.39, 0.29) is 6.10 Å². The third kappa shape index (κ3) is 2.39. The van der Waals surface area contributed by atoms with E-state index in [0.29, 0.717) is 12.1 Å². The smallest absolute Gasteiger partial charge is 0.0975 e. The first-order valence-corrected chi connectivity index (χ1v) is 5.74. The Morgan fingerprint density at radius 2 is 2.07 bits per heavy atom. The molecule has 1 aromatic rings. The van der Waals surface area contributed by atoms with E-state index in [0.717, 1.165) is 13.0 Å². The lowest BCUT2D eigenvalue weighted by molar-refractivity contribution is -0.0251. The van der Waals surface area contributed by atoms with Crippen molar-refractivity contribution >= 4 is 0 Å². The van der Waals surface area contributed by atoms with Gasteiger partial charge in [0.05, 0.1) is 12.7 Å². The summed E-state index contributed by atoms with van der Waals surface area (Å²) in [6.45, 7) is 5.20. The molecule has 0 amide bonds. The van der Waals surface area contributed by atoms with E-state index in [9.17, 15) is 0 Å². The van der Waals surface area contributed by atoms with Gasteiger partial charge >= 0.3 is 0 Å². The third-order valence-corrected chi connectivity index (χ3v) is 3.05. The Morgan fingerprint density at radius 3 is 2.67 bits per heavy atom. The van der Waals surface area contributed by atoms with Crippen molar-refractivity contribution in [1.29, 1.82) is 0 Å². The maximum atomic E-state index is 5.92. The molecule has 1 N–H and O–H groups in total. The molecule has 15 heavy (non-hydrogen) atoms. The summed E-state index contributed by atoms with van der Waals surface area (Å²) >= 11 is 0. The summed E-state index contributed by atoms with van der Waals surface area (Å²) in [6.07, 6.45) is 1.33. The van der Waals surface area contributed by atoms with Crippen LogP contribution in [0.3, 0.4) is 0 Å². The van der Waals surface area contributed by atoms with E-state index in [1.165, 1.54) is 5.56 Å². The number of hydrogen-bond donors (Lipinski definition) is 1. The molecule has 2 heteroatoms. The topological polar surface area (TPSA) is 21.3 Å². The van der Waals surface area contributed by atoms with Crippen LogP contribution in [-0.2, 0) is 4.74 Å². The zero-order chi connectivity index (χ0) is 10.7. The van der Waals surface area contributed by atoms with E-state index in [1.807, 2.05) is 6.07 Å². The Morgan fingerprint density at radius 1 is 1.33 bits per heavy atom. The summed E-state index contributed by atoms with van der Waals surface area (Å²) in [5.41, 5.74) is 1.27. The van der Waals surface area contributed by atoms with Crippen LogP contribution >= 0.6 is 0 Å². The molecule has 1 heterocycles. The van der Waals surface area contributed by atoms with Gasteiger partial charge in [0.25, 0.3) is 0 Å². The molecule has 1 aliphatic rings. The fraction of sp³-hybridized carbons (Fsp3) is 0.538. The van der Waals surface area contributed by atoms with Crippen LogP contribution < -0.4 is 5.32 Å². The van der Waals surface area contributed by atoms with Crippen LogP contribution in [0.5, 0.6) is 0 Å². The standard InChI is InChI=1S/C13H19NO/c1-3-12-9-15-13(10(2)14-12)11-7-5-4-6-8-11/h4-8,10,12-14H,3,9H2,1-2H3/t10-,12+,13+/m0/s1. The second-order valence-corrected chi connectivity index (χ2v) is 4.23. The summed E-state index contributed by atoms with van der Waals surface area (Å²) < 4.78 is 5.92. The van der Waals surface area contributed by atoms with Crippen molar-refractivity contribution in [1.82, 2.24) is 5.32 Å². The number of nitrogens with one attached hydrogen (secondary N) is 1. The molecule has 0 radical (unpaired) electrons. The molecule has 3 atom stereocenters. The molecule has 2 rings (SSSR count). The van der Waals surface area contributed by atoms with Gasteiger partial charge < -0.3 is 10.1 Å². The minimum absolute atomic E-state index is 0.203. The van der Waals surface area contributed by atoms with Crippen LogP contribution in [0.1, 0.15) is 31.9 Å². The van der Waals surface area contributed by atoms with Crippen LogP contribution in [0, 0.1) is 0 Å². The predicted molar refractivity (Wildman–Crippen MR) is 61.8 cm³/mol. The van der Waals surface area contributed by atoms with Crippen molar-refractivity contribution in [3.63, 3.8) is 0 Å². The Kier molecular flexibility index (Phi) is 3.39. The fourth-order valence-electron chi connectivity index (χ4n) is 2.13. The second kappa shape index (κ2) is 4.77. The highest BCUT2D eigenvalue weighted by atomic mass is 16.5. The van der Waals surface area contributed by atoms with Crippen molar-refractivity contribution in [3.8, 4) is 0 Å². The number of benzene rings is 1. The molecule has 1 aromatic carbocycles. The normalized spacial score (nSPS) is 31.5. The Labute approximate surface area is 91.6 Å². The summed E-state index contributed by atoms with van der Waals surface area (Å²) in [4.78, 5) is 0. The molecule has 1 aliphatic heterocycles. The predicted octanol–water partition coefficient (Wildman–Crippen LogP) is 2.51. The van der Waals surface area contributed by atoms with Crippen molar-refractivity contribution in [2.75, 3.05) is 6.61 Å². The van der Waals surface area contributed by atoms with Gasteiger partial charge in [0.15, 0.2) is 0 Å². The second-order valence-electron chi connectivity index (χ2n) is 4.23.